The van der Waals surface area contributed by atoms with Crippen molar-refractivity contribution in [3.05, 3.63) is 27.7 Å². The van der Waals surface area contributed by atoms with E-state index in [0.29, 0.717) is 0 Å². The average Bonchev–Trinajstić information content (AvgIpc) is 2.43. The molecule has 132 valence electrons. The predicted octanol–water partition coefficient (Wildman–Crippen LogP) is 4.02. The highest BCUT2D eigenvalue weighted by atomic mass is 79.9. The molecule has 3 nitrogen and oxygen atoms in total. The van der Waals surface area contributed by atoms with Crippen LogP contribution in [0, 0.1) is 17.6 Å². The van der Waals surface area contributed by atoms with E-state index in [1.807, 2.05) is 0 Å². The van der Waals surface area contributed by atoms with Gasteiger partial charge in [0.05, 0.1) is 10.0 Å². The molecule has 1 aromatic rings. The van der Waals surface area contributed by atoms with Crippen molar-refractivity contribution in [1.82, 2.24) is 10.2 Å². The molecule has 2 fully saturated rings. The number of phenolic OH excluding ortho intramolecular Hbond substituents is 1. The van der Waals surface area contributed by atoms with Gasteiger partial charge in [0.25, 0.3) is 0 Å². The lowest BCUT2D eigenvalue weighted by molar-refractivity contribution is 0.0786. The highest BCUT2D eigenvalue weighted by molar-refractivity contribution is 9.10. The van der Waals surface area contributed by atoms with Crippen LogP contribution in [-0.4, -0.2) is 36.2 Å². The van der Waals surface area contributed by atoms with Gasteiger partial charge in [0.15, 0.2) is 11.6 Å². The summed E-state index contributed by atoms with van der Waals surface area (Å²) in [7, 11) is 0. The summed E-state index contributed by atoms with van der Waals surface area (Å²) in [4.78, 5) is 2.17. The lowest BCUT2D eigenvalue weighted by atomic mass is 9.76. The smallest absolute Gasteiger partial charge is 0.167 e. The molecule has 0 unspecified atom stereocenters. The Balaban J connectivity index is 0.00000132. The number of nitrogens with zero attached hydrogens (tertiary/aromatic N) is 1. The minimum atomic E-state index is -0.911. The third kappa shape index (κ3) is 4.10. The molecule has 1 saturated carbocycles. The molecule has 1 aromatic carbocycles. The Morgan fingerprint density at radius 2 is 1.83 bits per heavy atom. The summed E-state index contributed by atoms with van der Waals surface area (Å²) in [5, 5.41) is 13.5. The second kappa shape index (κ2) is 8.81. The molecular weight excluding hydrogens is 413 g/mol. The van der Waals surface area contributed by atoms with Gasteiger partial charge in [0, 0.05) is 32.2 Å². The highest BCUT2D eigenvalue weighted by Crippen LogP contribution is 2.47. The van der Waals surface area contributed by atoms with Crippen molar-refractivity contribution in [3.63, 3.8) is 0 Å². The topological polar surface area (TPSA) is 35.5 Å². The van der Waals surface area contributed by atoms with Crippen molar-refractivity contribution in [1.29, 1.82) is 0 Å². The predicted molar refractivity (Wildman–Crippen MR) is 94.7 cm³/mol. The first-order chi connectivity index (χ1) is 10.1. The van der Waals surface area contributed by atoms with Crippen LogP contribution in [0.25, 0.3) is 0 Å². The van der Waals surface area contributed by atoms with Gasteiger partial charge in [-0.2, -0.15) is 0 Å². The number of aromatic hydroxyl groups is 1. The number of phenols is 1. The van der Waals surface area contributed by atoms with Crippen LogP contribution in [0.3, 0.4) is 0 Å². The van der Waals surface area contributed by atoms with Gasteiger partial charge >= 0.3 is 0 Å². The summed E-state index contributed by atoms with van der Waals surface area (Å²) in [5.74, 6) is -1.69. The fourth-order valence-corrected chi connectivity index (χ4v) is 3.72. The molecule has 0 amide bonds. The zero-order valence-corrected chi connectivity index (χ0v) is 15.7. The van der Waals surface area contributed by atoms with E-state index >= 15 is 0 Å². The minimum Gasteiger partial charge on any atom is -0.506 e. The second-order valence-electron chi connectivity index (χ2n) is 5.84. The molecule has 2 aliphatic rings. The molecule has 1 heterocycles. The van der Waals surface area contributed by atoms with Gasteiger partial charge in [-0.15, -0.1) is 24.8 Å². The first-order valence-corrected chi connectivity index (χ1v) is 8.20. The summed E-state index contributed by atoms with van der Waals surface area (Å²) < 4.78 is 28.4. The van der Waals surface area contributed by atoms with Gasteiger partial charge in [0.2, 0.25) is 0 Å². The largest absolute Gasteiger partial charge is 0.506 e. The maximum absolute atomic E-state index is 14.4. The van der Waals surface area contributed by atoms with E-state index in [9.17, 15) is 13.9 Å². The van der Waals surface area contributed by atoms with E-state index in [-0.39, 0.29) is 52.6 Å². The first-order valence-electron chi connectivity index (χ1n) is 7.40. The Bertz CT molecular complexity index is 514. The van der Waals surface area contributed by atoms with Crippen molar-refractivity contribution < 1.29 is 13.9 Å². The fourth-order valence-electron chi connectivity index (χ4n) is 3.31. The third-order valence-corrected chi connectivity index (χ3v) is 5.22. The summed E-state index contributed by atoms with van der Waals surface area (Å²) in [6.07, 6.45) is 3.12. The lowest BCUT2D eigenvalue weighted by Gasteiger charge is -2.43. The Morgan fingerprint density at radius 3 is 2.35 bits per heavy atom. The average molecular weight is 434 g/mol. The lowest BCUT2D eigenvalue weighted by Crippen LogP contribution is -2.48. The summed E-state index contributed by atoms with van der Waals surface area (Å²) in [6, 6.07) is 0.747. The van der Waals surface area contributed by atoms with E-state index in [0.717, 1.165) is 51.5 Å². The normalized spacial score (nSPS) is 20.1. The zero-order valence-electron chi connectivity index (χ0n) is 12.5. The van der Waals surface area contributed by atoms with Gasteiger partial charge in [-0.25, -0.2) is 8.78 Å². The van der Waals surface area contributed by atoms with Crippen molar-refractivity contribution in [2.75, 3.05) is 26.2 Å². The van der Waals surface area contributed by atoms with Crippen molar-refractivity contribution in [3.8, 4) is 5.75 Å². The maximum atomic E-state index is 14.4. The minimum absolute atomic E-state index is 0. The SMILES string of the molecule is Cl.Cl.Oc1c(Br)cc(F)c(F)c1[C@@H](C1CCC1)N1CCNCC1. The molecule has 1 aliphatic carbocycles. The Hall–Kier alpha value is -0.140. The molecule has 3 rings (SSSR count). The molecule has 1 atom stereocenters. The van der Waals surface area contributed by atoms with E-state index in [1.54, 1.807) is 0 Å². The number of rotatable bonds is 3. The quantitative estimate of drug-likeness (QED) is 0.706. The van der Waals surface area contributed by atoms with Crippen LogP contribution in [0.2, 0.25) is 0 Å². The Kier molecular flexibility index (Phi) is 8.01. The molecule has 1 aliphatic heterocycles. The number of benzene rings is 1. The second-order valence-corrected chi connectivity index (χ2v) is 6.69. The summed E-state index contributed by atoms with van der Waals surface area (Å²) >= 11 is 3.12. The molecule has 0 aromatic heterocycles. The van der Waals surface area contributed by atoms with Crippen LogP contribution in [0.15, 0.2) is 10.5 Å². The first kappa shape index (κ1) is 20.9. The number of piperazine rings is 1. The molecule has 1 saturated heterocycles. The molecule has 0 bridgehead atoms. The van der Waals surface area contributed by atoms with Crippen molar-refractivity contribution in [2.45, 2.75) is 25.3 Å². The molecule has 23 heavy (non-hydrogen) atoms. The molecular formula is C15H21BrCl2F2N2O. The van der Waals surface area contributed by atoms with E-state index < -0.39 is 11.6 Å². The Labute approximate surface area is 155 Å². The van der Waals surface area contributed by atoms with E-state index in [2.05, 4.69) is 26.1 Å². The van der Waals surface area contributed by atoms with Crippen molar-refractivity contribution >= 4 is 40.7 Å². The number of nitrogens with one attached hydrogen (secondary N) is 1. The van der Waals surface area contributed by atoms with Gasteiger partial charge in [-0.3, -0.25) is 4.90 Å². The van der Waals surface area contributed by atoms with Crippen LogP contribution >= 0.6 is 40.7 Å². The number of halogens is 5. The fraction of sp³-hybridized carbons (Fsp3) is 0.600. The standard InChI is InChI=1S/C15H19BrF2N2O.2ClH/c16-10-8-11(17)13(18)12(15(10)21)14(9-2-1-3-9)20-6-4-19-5-7-20;;/h8-9,14,19,21H,1-7H2;2*1H/t14-;;/m1../s1. The van der Waals surface area contributed by atoms with Crippen LogP contribution in [-0.2, 0) is 0 Å². The molecule has 0 radical (unpaired) electrons. The van der Waals surface area contributed by atoms with Gasteiger partial charge in [-0.1, -0.05) is 6.42 Å². The van der Waals surface area contributed by atoms with Crippen LogP contribution in [0.5, 0.6) is 5.75 Å². The van der Waals surface area contributed by atoms with Gasteiger partial charge < -0.3 is 10.4 Å². The summed E-state index contributed by atoms with van der Waals surface area (Å²) in [6.45, 7) is 3.24. The third-order valence-electron chi connectivity index (χ3n) is 4.62. The summed E-state index contributed by atoms with van der Waals surface area (Å²) in [5.41, 5.74) is 0.119. The molecule has 0 spiro atoms. The van der Waals surface area contributed by atoms with Crippen molar-refractivity contribution in [2.24, 2.45) is 5.92 Å². The number of hydrogen-bond donors (Lipinski definition) is 2. The van der Waals surface area contributed by atoms with Crippen LogP contribution < -0.4 is 5.32 Å². The van der Waals surface area contributed by atoms with E-state index in [1.165, 1.54) is 0 Å². The Morgan fingerprint density at radius 1 is 1.22 bits per heavy atom. The van der Waals surface area contributed by atoms with Gasteiger partial charge in [-0.05, 0) is 40.8 Å². The van der Waals surface area contributed by atoms with Crippen LogP contribution in [0.1, 0.15) is 30.9 Å². The van der Waals surface area contributed by atoms with Gasteiger partial charge in [0.1, 0.15) is 5.75 Å². The number of hydrogen-bond acceptors (Lipinski definition) is 3. The monoisotopic (exact) mass is 432 g/mol. The molecule has 8 heteroatoms. The zero-order chi connectivity index (χ0) is 15.0. The van der Waals surface area contributed by atoms with E-state index in [4.69, 9.17) is 0 Å². The highest BCUT2D eigenvalue weighted by Gasteiger charge is 2.38. The molecule has 2 N–H and O–H groups in total. The maximum Gasteiger partial charge on any atom is 0.167 e. The van der Waals surface area contributed by atoms with Crippen LogP contribution in [0.4, 0.5) is 8.78 Å².